The van der Waals surface area contributed by atoms with Gasteiger partial charge in [0.05, 0.1) is 15.6 Å². The smallest absolute Gasteiger partial charge is 0.257 e. The van der Waals surface area contributed by atoms with Gasteiger partial charge in [-0.25, -0.2) is 4.98 Å². The Labute approximate surface area is 146 Å². The van der Waals surface area contributed by atoms with Crippen LogP contribution in [0.2, 0.25) is 10.0 Å². The maximum Gasteiger partial charge on any atom is 0.257 e. The van der Waals surface area contributed by atoms with E-state index in [1.165, 1.54) is 11.8 Å². The molecule has 0 fully saturated rings. The van der Waals surface area contributed by atoms with E-state index in [9.17, 15) is 9.59 Å². The standard InChI is InChI=1S/C15H13Cl2N3O2S/c1-2-23-15-19-13-12(14(22)20-15)8(6-11(21)18-13)7-3-4-9(16)10(17)5-7/h3-5,8H,2,6H2,1H3,(H2,18,19,20,21,22)/t8-/m1/s1. The molecule has 1 aromatic carbocycles. The summed E-state index contributed by atoms with van der Waals surface area (Å²) in [5.74, 6) is 0.507. The quantitative estimate of drug-likeness (QED) is 0.639. The Bertz CT molecular complexity index is 838. The van der Waals surface area contributed by atoms with E-state index >= 15 is 0 Å². The van der Waals surface area contributed by atoms with Gasteiger partial charge in [-0.05, 0) is 23.4 Å². The molecular formula is C15H13Cl2N3O2S. The lowest BCUT2D eigenvalue weighted by Gasteiger charge is -2.24. The van der Waals surface area contributed by atoms with Crippen molar-refractivity contribution in [3.63, 3.8) is 0 Å². The average molecular weight is 370 g/mol. The third kappa shape index (κ3) is 3.24. The summed E-state index contributed by atoms with van der Waals surface area (Å²) in [6.07, 6.45) is 0.163. The first-order valence-corrected chi connectivity index (χ1v) is 8.75. The highest BCUT2D eigenvalue weighted by Crippen LogP contribution is 2.36. The van der Waals surface area contributed by atoms with Crippen molar-refractivity contribution >= 4 is 46.7 Å². The molecule has 1 aliphatic heterocycles. The lowest BCUT2D eigenvalue weighted by Crippen LogP contribution is -2.31. The Kier molecular flexibility index (Phi) is 4.66. The van der Waals surface area contributed by atoms with Gasteiger partial charge < -0.3 is 10.3 Å². The number of aromatic nitrogens is 2. The van der Waals surface area contributed by atoms with E-state index in [-0.39, 0.29) is 17.9 Å². The summed E-state index contributed by atoms with van der Waals surface area (Å²) in [4.78, 5) is 31.6. The molecule has 0 aliphatic carbocycles. The predicted octanol–water partition coefficient (Wildman–Crippen LogP) is 3.66. The molecule has 2 heterocycles. The molecule has 2 aromatic rings. The van der Waals surface area contributed by atoms with Crippen molar-refractivity contribution in [2.45, 2.75) is 24.4 Å². The molecule has 0 saturated heterocycles. The number of rotatable bonds is 3. The Balaban J connectivity index is 2.13. The third-order valence-corrected chi connectivity index (χ3v) is 5.05. The van der Waals surface area contributed by atoms with Crippen LogP contribution in [-0.2, 0) is 4.79 Å². The second kappa shape index (κ2) is 6.55. The number of hydrogen-bond acceptors (Lipinski definition) is 4. The number of H-pyrrole nitrogens is 1. The largest absolute Gasteiger partial charge is 0.310 e. The van der Waals surface area contributed by atoms with Crippen LogP contribution >= 0.6 is 35.0 Å². The number of carbonyl (C=O) groups excluding carboxylic acids is 1. The molecule has 1 aliphatic rings. The van der Waals surface area contributed by atoms with E-state index in [0.717, 1.165) is 11.3 Å². The molecule has 8 heteroatoms. The van der Waals surface area contributed by atoms with Crippen LogP contribution in [0.3, 0.4) is 0 Å². The normalized spacial score (nSPS) is 16.8. The van der Waals surface area contributed by atoms with Gasteiger partial charge in [-0.3, -0.25) is 9.59 Å². The zero-order chi connectivity index (χ0) is 16.6. The summed E-state index contributed by atoms with van der Waals surface area (Å²) in [5.41, 5.74) is 0.962. The number of carbonyl (C=O) groups is 1. The summed E-state index contributed by atoms with van der Waals surface area (Å²) < 4.78 is 0. The van der Waals surface area contributed by atoms with E-state index in [1.807, 2.05) is 6.92 Å². The zero-order valence-corrected chi connectivity index (χ0v) is 14.5. The Hall–Kier alpha value is -1.50. The molecule has 0 spiro atoms. The minimum atomic E-state index is -0.398. The van der Waals surface area contributed by atoms with Gasteiger partial charge in [0, 0.05) is 12.3 Å². The molecule has 23 heavy (non-hydrogen) atoms. The lowest BCUT2D eigenvalue weighted by molar-refractivity contribution is -0.116. The Morgan fingerprint density at radius 1 is 1.30 bits per heavy atom. The zero-order valence-electron chi connectivity index (χ0n) is 12.2. The molecule has 0 saturated carbocycles. The predicted molar refractivity (Wildman–Crippen MR) is 92.8 cm³/mol. The summed E-state index contributed by atoms with van der Waals surface area (Å²) in [7, 11) is 0. The molecule has 5 nitrogen and oxygen atoms in total. The van der Waals surface area contributed by atoms with Crippen LogP contribution in [0.1, 0.15) is 30.4 Å². The highest BCUT2D eigenvalue weighted by molar-refractivity contribution is 7.99. The highest BCUT2D eigenvalue weighted by Gasteiger charge is 2.31. The number of amides is 1. The molecule has 0 radical (unpaired) electrons. The minimum Gasteiger partial charge on any atom is -0.310 e. The van der Waals surface area contributed by atoms with Crippen molar-refractivity contribution in [3.8, 4) is 0 Å². The monoisotopic (exact) mass is 369 g/mol. The topological polar surface area (TPSA) is 74.8 Å². The first kappa shape index (κ1) is 16.4. The van der Waals surface area contributed by atoms with Crippen LogP contribution in [0.5, 0.6) is 0 Å². The number of nitrogens with one attached hydrogen (secondary N) is 2. The fourth-order valence-corrected chi connectivity index (χ4v) is 3.47. The van der Waals surface area contributed by atoms with Gasteiger partial charge >= 0.3 is 0 Å². The first-order valence-electron chi connectivity index (χ1n) is 7.01. The Morgan fingerprint density at radius 3 is 2.78 bits per heavy atom. The molecule has 0 unspecified atom stereocenters. The van der Waals surface area contributed by atoms with Crippen LogP contribution < -0.4 is 10.9 Å². The second-order valence-electron chi connectivity index (χ2n) is 5.04. The van der Waals surface area contributed by atoms with Gasteiger partial charge in [0.25, 0.3) is 5.56 Å². The SMILES string of the molecule is CCSc1nc2c(c(=O)[nH]1)[C@@H](c1ccc(Cl)c(Cl)c1)CC(=O)N2. The molecule has 1 atom stereocenters. The van der Waals surface area contributed by atoms with E-state index in [4.69, 9.17) is 23.2 Å². The average Bonchev–Trinajstić information content (AvgIpc) is 2.49. The minimum absolute atomic E-state index is 0.163. The number of thioether (sulfide) groups is 1. The van der Waals surface area contributed by atoms with Crippen molar-refractivity contribution < 1.29 is 4.79 Å². The van der Waals surface area contributed by atoms with Crippen molar-refractivity contribution in [3.05, 3.63) is 49.7 Å². The second-order valence-corrected chi connectivity index (χ2v) is 7.11. The number of fused-ring (bicyclic) bond motifs is 1. The van der Waals surface area contributed by atoms with Gasteiger partial charge in [0.2, 0.25) is 5.91 Å². The number of anilines is 1. The Morgan fingerprint density at radius 2 is 2.09 bits per heavy atom. The summed E-state index contributed by atoms with van der Waals surface area (Å²) in [5, 5.41) is 3.99. The van der Waals surface area contributed by atoms with Crippen molar-refractivity contribution in [1.29, 1.82) is 0 Å². The maximum atomic E-state index is 12.5. The first-order chi connectivity index (χ1) is 11.0. The fourth-order valence-electron chi connectivity index (χ4n) is 2.57. The highest BCUT2D eigenvalue weighted by atomic mass is 35.5. The summed E-state index contributed by atoms with van der Waals surface area (Å²) in [6.45, 7) is 1.96. The van der Waals surface area contributed by atoms with E-state index in [2.05, 4.69) is 15.3 Å². The van der Waals surface area contributed by atoms with Crippen molar-refractivity contribution in [2.24, 2.45) is 0 Å². The van der Waals surface area contributed by atoms with Crippen LogP contribution in [-0.4, -0.2) is 21.6 Å². The molecule has 2 N–H and O–H groups in total. The van der Waals surface area contributed by atoms with Gasteiger partial charge in [-0.2, -0.15) is 0 Å². The number of hydrogen-bond donors (Lipinski definition) is 2. The van der Waals surface area contributed by atoms with E-state index < -0.39 is 5.92 Å². The van der Waals surface area contributed by atoms with E-state index in [0.29, 0.717) is 26.6 Å². The number of nitrogens with zero attached hydrogens (tertiary/aromatic N) is 1. The van der Waals surface area contributed by atoms with Gasteiger partial charge in [-0.15, -0.1) is 0 Å². The lowest BCUT2D eigenvalue weighted by atomic mass is 9.87. The molecular weight excluding hydrogens is 357 g/mol. The molecule has 0 bridgehead atoms. The van der Waals surface area contributed by atoms with Crippen molar-refractivity contribution in [2.75, 3.05) is 11.1 Å². The van der Waals surface area contributed by atoms with E-state index in [1.54, 1.807) is 18.2 Å². The summed E-state index contributed by atoms with van der Waals surface area (Å²) >= 11 is 13.4. The van der Waals surface area contributed by atoms with Gasteiger partial charge in [0.15, 0.2) is 5.16 Å². The fraction of sp³-hybridized carbons (Fsp3) is 0.267. The third-order valence-electron chi connectivity index (χ3n) is 3.56. The van der Waals surface area contributed by atoms with Crippen LogP contribution in [0.15, 0.2) is 28.2 Å². The summed E-state index contributed by atoms with van der Waals surface area (Å²) in [6, 6.07) is 5.12. The van der Waals surface area contributed by atoms with Crippen LogP contribution in [0, 0.1) is 0 Å². The van der Waals surface area contributed by atoms with Gasteiger partial charge in [-0.1, -0.05) is 48.0 Å². The molecule has 1 amide bonds. The number of halogens is 2. The van der Waals surface area contributed by atoms with Crippen LogP contribution in [0.25, 0.3) is 0 Å². The molecule has 1 aromatic heterocycles. The van der Waals surface area contributed by atoms with Gasteiger partial charge in [0.1, 0.15) is 5.82 Å². The van der Waals surface area contributed by atoms with Crippen LogP contribution in [0.4, 0.5) is 5.82 Å². The maximum absolute atomic E-state index is 12.5. The van der Waals surface area contributed by atoms with Crippen molar-refractivity contribution in [1.82, 2.24) is 9.97 Å². The number of aromatic amines is 1. The molecule has 120 valence electrons. The molecule has 3 rings (SSSR count). The number of benzene rings is 1.